The molecule has 0 aromatic carbocycles. The average molecular weight is 519 g/mol. The minimum absolute atomic E-state index is 0.109. The molecule has 1 aliphatic rings. The molecule has 28 heavy (non-hydrogen) atoms. The highest BCUT2D eigenvalue weighted by Crippen LogP contribution is 2.44. The fourth-order valence-corrected chi connectivity index (χ4v) is 3.45. The summed E-state index contributed by atoms with van der Waals surface area (Å²) in [6.07, 6.45) is -3.86. The number of unbranched alkanes of at least 4 members (excludes halogenated alkanes) is 2. The average Bonchev–Trinajstić information content (AvgIpc) is 2.86. The number of hydrogen-bond acceptors (Lipinski definition) is 9. The summed E-state index contributed by atoms with van der Waals surface area (Å²) >= 11 is 1.53. The smallest absolute Gasteiger partial charge is 0.332 e. The molecule has 1 aromatic heterocycles. The van der Waals surface area contributed by atoms with E-state index in [4.69, 9.17) is 4.74 Å². The zero-order valence-electron chi connectivity index (χ0n) is 15.0. The van der Waals surface area contributed by atoms with Crippen LogP contribution in [0.1, 0.15) is 32.6 Å². The van der Waals surface area contributed by atoms with Gasteiger partial charge in [-0.15, -0.1) is 5.06 Å². The van der Waals surface area contributed by atoms with E-state index >= 15 is 0 Å². The lowest BCUT2D eigenvalue weighted by Gasteiger charge is -2.43. The Morgan fingerprint density at radius 2 is 2.07 bits per heavy atom. The molecule has 0 spiro atoms. The second-order valence-corrected chi connectivity index (χ2v) is 7.66. The number of hydrogen-bond donors (Lipinski definition) is 6. The molecule has 0 radical (unpaired) electrons. The van der Waals surface area contributed by atoms with E-state index in [0.29, 0.717) is 17.4 Å². The summed E-state index contributed by atoms with van der Waals surface area (Å²) in [6, 6.07) is 0. The third-order valence-corrected chi connectivity index (χ3v) is 5.39. The van der Waals surface area contributed by atoms with Gasteiger partial charge in [-0.2, -0.15) is 0 Å². The Labute approximate surface area is 172 Å². The first-order valence-corrected chi connectivity index (χ1v) is 9.68. The molecule has 0 bridgehead atoms. The number of nitrogens with zero attached hydrogens (tertiary/aromatic N) is 2. The van der Waals surface area contributed by atoms with Crippen LogP contribution in [0, 0.1) is 3.57 Å². The fraction of sp³-hybridized carbons (Fsp3) is 0.733. The van der Waals surface area contributed by atoms with E-state index < -0.39 is 48.0 Å². The lowest BCUT2D eigenvalue weighted by Crippen LogP contribution is -2.69. The lowest BCUT2D eigenvalue weighted by atomic mass is 10.00. The molecule has 1 aliphatic heterocycles. The molecular formula is C15H23FIN3O8. The Bertz CT molecular complexity index is 806. The molecule has 11 nitrogen and oxygen atoms in total. The Hall–Kier alpha value is -0.940. The highest BCUT2D eigenvalue weighted by atomic mass is 127. The summed E-state index contributed by atoms with van der Waals surface area (Å²) in [5, 5.41) is 51.6. The van der Waals surface area contributed by atoms with Gasteiger partial charge in [0.05, 0.1) is 10.2 Å². The number of halogens is 2. The van der Waals surface area contributed by atoms with Crippen molar-refractivity contribution in [2.45, 2.75) is 62.7 Å². The zero-order chi connectivity index (χ0) is 21.3. The van der Waals surface area contributed by atoms with Crippen LogP contribution in [0.2, 0.25) is 0 Å². The van der Waals surface area contributed by atoms with Gasteiger partial charge in [0.25, 0.3) is 5.56 Å². The normalized spacial score (nSPS) is 31.5. The minimum atomic E-state index is -3.28. The molecule has 1 fully saturated rings. The van der Waals surface area contributed by atoms with Gasteiger partial charge in [0, 0.05) is 6.20 Å². The van der Waals surface area contributed by atoms with Gasteiger partial charge < -0.3 is 30.4 Å². The molecule has 0 aliphatic carbocycles. The van der Waals surface area contributed by atoms with Gasteiger partial charge in [-0.05, 0) is 35.4 Å². The van der Waals surface area contributed by atoms with Crippen LogP contribution in [-0.2, 0) is 10.6 Å². The van der Waals surface area contributed by atoms with Gasteiger partial charge in [-0.25, -0.2) is 13.8 Å². The van der Waals surface area contributed by atoms with Crippen molar-refractivity contribution in [3.8, 4) is 0 Å². The van der Waals surface area contributed by atoms with Gasteiger partial charge in [0.2, 0.25) is 5.72 Å². The van der Waals surface area contributed by atoms with Crippen LogP contribution in [0.25, 0.3) is 0 Å². The summed E-state index contributed by atoms with van der Waals surface area (Å²) in [5.41, 5.74) is -5.33. The van der Waals surface area contributed by atoms with Gasteiger partial charge >= 0.3 is 11.6 Å². The van der Waals surface area contributed by atoms with E-state index in [1.807, 2.05) is 11.9 Å². The maximum atomic E-state index is 14.6. The summed E-state index contributed by atoms with van der Waals surface area (Å²) < 4.78 is 19.8. The van der Waals surface area contributed by atoms with Gasteiger partial charge in [0.1, 0.15) is 12.2 Å². The molecule has 5 atom stereocenters. The van der Waals surface area contributed by atoms with E-state index in [9.17, 15) is 39.6 Å². The Balaban J connectivity index is 2.55. The first kappa shape index (κ1) is 23.3. The predicted octanol–water partition coefficient (Wildman–Crippen LogP) is -1.25. The monoisotopic (exact) mass is 519 g/mol. The van der Waals surface area contributed by atoms with E-state index in [-0.39, 0.29) is 15.1 Å². The lowest BCUT2D eigenvalue weighted by molar-refractivity contribution is -0.428. The van der Waals surface area contributed by atoms with Gasteiger partial charge in [0.15, 0.2) is 6.30 Å². The van der Waals surface area contributed by atoms with Crippen LogP contribution >= 0.6 is 22.6 Å². The number of aliphatic hydroxyl groups excluding tert-OH is 2. The highest BCUT2D eigenvalue weighted by Gasteiger charge is 2.71. The Kier molecular flexibility index (Phi) is 7.36. The molecule has 0 amide bonds. The summed E-state index contributed by atoms with van der Waals surface area (Å²) in [4.78, 5) is 25.6. The van der Waals surface area contributed by atoms with E-state index in [2.05, 4.69) is 0 Å². The third kappa shape index (κ3) is 3.77. The first-order chi connectivity index (χ1) is 13.0. The topological polar surface area (TPSA) is 168 Å². The van der Waals surface area contributed by atoms with Crippen molar-refractivity contribution in [3.63, 3.8) is 0 Å². The summed E-state index contributed by atoms with van der Waals surface area (Å²) in [6.45, 7) is 0.947. The summed E-state index contributed by atoms with van der Waals surface area (Å²) in [7, 11) is 0. The number of alkyl halides is 1. The quantitative estimate of drug-likeness (QED) is 0.0809. The van der Waals surface area contributed by atoms with Crippen molar-refractivity contribution < 1.29 is 34.8 Å². The van der Waals surface area contributed by atoms with E-state index in [1.54, 1.807) is 0 Å². The number of nitrogens with one attached hydrogen (secondary N) is 1. The van der Waals surface area contributed by atoms with Crippen LogP contribution in [0.5, 0.6) is 0 Å². The maximum Gasteiger partial charge on any atom is 0.332 e. The second-order valence-electron chi connectivity index (χ2n) is 6.50. The largest absolute Gasteiger partial charge is 0.394 e. The van der Waals surface area contributed by atoms with Crippen LogP contribution in [0.3, 0.4) is 0 Å². The zero-order valence-corrected chi connectivity index (χ0v) is 17.1. The SMILES string of the molecule is CCCCCC(F)N(O)[C@@]1(O)[C@H](O)[C@@H](CO)O[C@@]1(O)n1cc(I)c(=O)[nH]c1=O. The van der Waals surface area contributed by atoms with E-state index in [0.717, 1.165) is 12.6 Å². The molecular weight excluding hydrogens is 496 g/mol. The molecule has 1 aromatic rings. The van der Waals surface area contributed by atoms with Crippen LogP contribution in [0.4, 0.5) is 4.39 Å². The van der Waals surface area contributed by atoms with Crippen molar-refractivity contribution >= 4 is 22.6 Å². The number of ether oxygens (including phenoxy) is 1. The second kappa shape index (κ2) is 8.83. The number of rotatable bonds is 8. The van der Waals surface area contributed by atoms with Crippen molar-refractivity contribution in [3.05, 3.63) is 30.6 Å². The highest BCUT2D eigenvalue weighted by molar-refractivity contribution is 14.1. The van der Waals surface area contributed by atoms with Crippen molar-refractivity contribution in [2.75, 3.05) is 6.61 Å². The van der Waals surface area contributed by atoms with Crippen molar-refractivity contribution in [2.24, 2.45) is 0 Å². The number of aliphatic hydroxyl groups is 4. The summed E-state index contributed by atoms with van der Waals surface area (Å²) in [5.74, 6) is -3.23. The number of H-pyrrole nitrogens is 1. The van der Waals surface area contributed by atoms with Crippen LogP contribution in [0.15, 0.2) is 15.8 Å². The van der Waals surface area contributed by atoms with Crippen LogP contribution < -0.4 is 11.2 Å². The molecule has 2 rings (SSSR count). The minimum Gasteiger partial charge on any atom is -0.394 e. The van der Waals surface area contributed by atoms with E-state index in [1.165, 1.54) is 22.6 Å². The van der Waals surface area contributed by atoms with Crippen LogP contribution in [-0.4, -0.2) is 71.1 Å². The third-order valence-electron chi connectivity index (χ3n) is 4.63. The maximum absolute atomic E-state index is 14.6. The number of aromatic nitrogens is 2. The standard InChI is InChI=1S/C15H23FIN3O8/c1-2-3-4-5-10(16)20(27)14(25)11(22)9(7-21)28-15(14,26)19-6-8(17)12(23)18-13(19)24/h6,9-11,21-22,25-27H,2-5,7H2,1H3,(H,18,23,24)/t9-,10?,11-,14-,15-/m1/s1. The molecule has 1 unspecified atom stereocenters. The van der Waals surface area contributed by atoms with Crippen molar-refractivity contribution in [1.82, 2.24) is 14.6 Å². The number of hydroxylamine groups is 2. The molecule has 160 valence electrons. The molecule has 6 N–H and O–H groups in total. The molecule has 0 saturated carbocycles. The van der Waals surface area contributed by atoms with Gasteiger partial charge in [-0.3, -0.25) is 9.78 Å². The Morgan fingerprint density at radius 3 is 2.64 bits per heavy atom. The Morgan fingerprint density at radius 1 is 1.43 bits per heavy atom. The van der Waals surface area contributed by atoms with Crippen molar-refractivity contribution in [1.29, 1.82) is 0 Å². The fourth-order valence-electron chi connectivity index (χ4n) is 3.04. The molecule has 1 saturated heterocycles. The molecule has 13 heteroatoms. The number of aromatic amines is 1. The predicted molar refractivity (Wildman–Crippen MR) is 99.8 cm³/mol. The molecule has 2 heterocycles. The van der Waals surface area contributed by atoms with Gasteiger partial charge in [-0.1, -0.05) is 19.8 Å². The first-order valence-electron chi connectivity index (χ1n) is 8.60.